The highest BCUT2D eigenvalue weighted by Gasteiger charge is 2.30. The second kappa shape index (κ2) is 5.05. The van der Waals surface area contributed by atoms with Gasteiger partial charge in [-0.15, -0.1) is 0 Å². The number of hydrogen-bond donors (Lipinski definition) is 1. The molecule has 0 spiro atoms. The van der Waals surface area contributed by atoms with Crippen LogP contribution in [-0.2, 0) is 17.8 Å². The van der Waals surface area contributed by atoms with Crippen molar-refractivity contribution in [3.8, 4) is 0 Å². The summed E-state index contributed by atoms with van der Waals surface area (Å²) in [6.07, 6.45) is 2.06. The molecule has 0 bridgehead atoms. The molecule has 2 heterocycles. The van der Waals surface area contributed by atoms with E-state index in [0.29, 0.717) is 0 Å². The van der Waals surface area contributed by atoms with Gasteiger partial charge in [-0.2, -0.15) is 0 Å². The molecule has 0 unspecified atom stereocenters. The van der Waals surface area contributed by atoms with Crippen molar-refractivity contribution in [2.75, 3.05) is 4.90 Å². The number of amides is 1. The molecule has 1 aromatic carbocycles. The molecular formula is C15H15N3O3. The van der Waals surface area contributed by atoms with Crippen LogP contribution in [0.25, 0.3) is 0 Å². The number of rotatable bonds is 2. The van der Waals surface area contributed by atoms with E-state index >= 15 is 0 Å². The molecule has 108 valence electrons. The highest BCUT2D eigenvalue weighted by Crippen LogP contribution is 2.31. The van der Waals surface area contributed by atoms with E-state index in [4.69, 9.17) is 0 Å². The summed E-state index contributed by atoms with van der Waals surface area (Å²) in [4.78, 5) is 39.9. The van der Waals surface area contributed by atoms with E-state index in [0.717, 1.165) is 22.2 Å². The Labute approximate surface area is 120 Å². The van der Waals surface area contributed by atoms with E-state index in [-0.39, 0.29) is 18.5 Å². The van der Waals surface area contributed by atoms with Crippen LogP contribution in [0, 0.1) is 0 Å². The van der Waals surface area contributed by atoms with E-state index in [1.165, 1.54) is 12.3 Å². The summed E-state index contributed by atoms with van der Waals surface area (Å²) in [5, 5.41) is 0. The number of para-hydroxylation sites is 1. The summed E-state index contributed by atoms with van der Waals surface area (Å²) < 4.78 is 0.913. The van der Waals surface area contributed by atoms with Gasteiger partial charge in [-0.1, -0.05) is 18.2 Å². The Balaban J connectivity index is 1.93. The molecule has 1 amide bonds. The van der Waals surface area contributed by atoms with Gasteiger partial charge in [-0.25, -0.2) is 4.79 Å². The van der Waals surface area contributed by atoms with Gasteiger partial charge in [0.2, 0.25) is 5.91 Å². The van der Waals surface area contributed by atoms with Crippen LogP contribution in [0.2, 0.25) is 0 Å². The van der Waals surface area contributed by atoms with Crippen molar-refractivity contribution in [3.05, 3.63) is 62.9 Å². The quantitative estimate of drug-likeness (QED) is 0.873. The topological polar surface area (TPSA) is 75.2 Å². The monoisotopic (exact) mass is 285 g/mol. The van der Waals surface area contributed by atoms with Gasteiger partial charge in [0.05, 0.1) is 0 Å². The molecule has 6 heteroatoms. The number of benzene rings is 1. The van der Waals surface area contributed by atoms with E-state index in [1.807, 2.05) is 31.2 Å². The number of nitrogens with one attached hydrogen (secondary N) is 1. The molecule has 6 nitrogen and oxygen atoms in total. The van der Waals surface area contributed by atoms with Crippen LogP contribution in [0.15, 0.2) is 46.1 Å². The first-order valence-electron chi connectivity index (χ1n) is 6.76. The Hall–Kier alpha value is -2.63. The Bertz CT molecular complexity index is 778. The lowest BCUT2D eigenvalue weighted by Crippen LogP contribution is -2.43. The third-order valence-electron chi connectivity index (χ3n) is 3.71. The average Bonchev–Trinajstić information content (AvgIpc) is 2.78. The number of anilines is 1. The van der Waals surface area contributed by atoms with Crippen LogP contribution in [0.4, 0.5) is 5.69 Å². The van der Waals surface area contributed by atoms with Gasteiger partial charge in [0.25, 0.3) is 5.56 Å². The SMILES string of the molecule is C[C@@H]1Cc2ccccc2N1C(=O)Cn1c(=O)cc[nH]c1=O. The summed E-state index contributed by atoms with van der Waals surface area (Å²) in [6.45, 7) is 1.70. The first-order chi connectivity index (χ1) is 10.1. The molecule has 21 heavy (non-hydrogen) atoms. The summed E-state index contributed by atoms with van der Waals surface area (Å²) in [5.74, 6) is -0.258. The summed E-state index contributed by atoms with van der Waals surface area (Å²) in [5.41, 5.74) is 0.909. The van der Waals surface area contributed by atoms with Crippen LogP contribution in [-0.4, -0.2) is 21.5 Å². The molecule has 1 atom stereocenters. The number of hydrogen-bond acceptors (Lipinski definition) is 3. The van der Waals surface area contributed by atoms with Gasteiger partial charge in [0.1, 0.15) is 6.54 Å². The van der Waals surface area contributed by atoms with E-state index < -0.39 is 11.2 Å². The molecule has 1 aliphatic heterocycles. The van der Waals surface area contributed by atoms with Crippen molar-refractivity contribution in [1.29, 1.82) is 0 Å². The molecule has 0 saturated carbocycles. The summed E-state index contributed by atoms with van der Waals surface area (Å²) >= 11 is 0. The van der Waals surface area contributed by atoms with Gasteiger partial charge in [-0.3, -0.25) is 14.2 Å². The Morgan fingerprint density at radius 3 is 2.81 bits per heavy atom. The predicted octanol–water partition coefficient (Wildman–Crippen LogP) is 0.514. The van der Waals surface area contributed by atoms with Crippen LogP contribution in [0.3, 0.4) is 0 Å². The van der Waals surface area contributed by atoms with E-state index in [9.17, 15) is 14.4 Å². The maximum atomic E-state index is 12.5. The fourth-order valence-corrected chi connectivity index (χ4v) is 2.76. The fraction of sp³-hybridized carbons (Fsp3) is 0.267. The van der Waals surface area contributed by atoms with Gasteiger partial charge >= 0.3 is 5.69 Å². The standard InChI is InChI=1S/C15H15N3O3/c1-10-8-11-4-2-3-5-12(11)18(10)14(20)9-17-13(19)6-7-16-15(17)21/h2-7,10H,8-9H2,1H3,(H,16,21)/t10-/m1/s1. The van der Waals surface area contributed by atoms with Crippen molar-refractivity contribution >= 4 is 11.6 Å². The van der Waals surface area contributed by atoms with Crippen LogP contribution in [0.1, 0.15) is 12.5 Å². The predicted molar refractivity (Wildman–Crippen MR) is 78.4 cm³/mol. The number of nitrogens with zero attached hydrogens (tertiary/aromatic N) is 2. The molecular weight excluding hydrogens is 270 g/mol. The van der Waals surface area contributed by atoms with Crippen LogP contribution < -0.4 is 16.1 Å². The minimum Gasteiger partial charge on any atom is -0.314 e. The zero-order chi connectivity index (χ0) is 15.0. The Kier molecular flexibility index (Phi) is 3.21. The summed E-state index contributed by atoms with van der Waals surface area (Å²) in [7, 11) is 0. The molecule has 1 aromatic heterocycles. The zero-order valence-electron chi connectivity index (χ0n) is 11.6. The van der Waals surface area contributed by atoms with Gasteiger partial charge in [-0.05, 0) is 25.0 Å². The maximum Gasteiger partial charge on any atom is 0.328 e. The van der Waals surface area contributed by atoms with Crippen molar-refractivity contribution < 1.29 is 4.79 Å². The molecule has 2 aromatic rings. The highest BCUT2D eigenvalue weighted by molar-refractivity contribution is 5.96. The molecule has 3 rings (SSSR count). The minimum atomic E-state index is -0.573. The van der Waals surface area contributed by atoms with Crippen molar-refractivity contribution in [1.82, 2.24) is 9.55 Å². The van der Waals surface area contributed by atoms with E-state index in [1.54, 1.807) is 4.90 Å². The number of H-pyrrole nitrogens is 1. The minimum absolute atomic E-state index is 0.0217. The van der Waals surface area contributed by atoms with E-state index in [2.05, 4.69) is 4.98 Å². The second-order valence-corrected chi connectivity index (χ2v) is 5.15. The van der Waals surface area contributed by atoms with Crippen molar-refractivity contribution in [2.24, 2.45) is 0 Å². The van der Waals surface area contributed by atoms with Crippen LogP contribution >= 0.6 is 0 Å². The summed E-state index contributed by atoms with van der Waals surface area (Å²) in [6, 6.07) is 8.93. The highest BCUT2D eigenvalue weighted by atomic mass is 16.2. The number of carbonyl (C=O) groups excluding carboxylic acids is 1. The second-order valence-electron chi connectivity index (χ2n) is 5.15. The third kappa shape index (κ3) is 2.29. The third-order valence-corrected chi connectivity index (χ3v) is 3.71. The molecule has 0 saturated heterocycles. The molecule has 1 N–H and O–H groups in total. The smallest absolute Gasteiger partial charge is 0.314 e. The lowest BCUT2D eigenvalue weighted by atomic mass is 10.1. The van der Waals surface area contributed by atoms with Crippen molar-refractivity contribution in [3.63, 3.8) is 0 Å². The maximum absolute atomic E-state index is 12.5. The van der Waals surface area contributed by atoms with Gasteiger partial charge in [0, 0.05) is 24.0 Å². The first kappa shape index (κ1) is 13.4. The average molecular weight is 285 g/mol. The molecule has 0 radical (unpaired) electrons. The van der Waals surface area contributed by atoms with Crippen molar-refractivity contribution in [2.45, 2.75) is 25.9 Å². The zero-order valence-corrected chi connectivity index (χ0v) is 11.6. The largest absolute Gasteiger partial charge is 0.328 e. The molecule has 0 fully saturated rings. The first-order valence-corrected chi connectivity index (χ1v) is 6.76. The van der Waals surface area contributed by atoms with Gasteiger partial charge in [0.15, 0.2) is 0 Å². The molecule has 0 aliphatic carbocycles. The van der Waals surface area contributed by atoms with Crippen LogP contribution in [0.5, 0.6) is 0 Å². The fourth-order valence-electron chi connectivity index (χ4n) is 2.76. The normalized spacial score (nSPS) is 16.8. The Morgan fingerprint density at radius 2 is 2.05 bits per heavy atom. The number of carbonyl (C=O) groups is 1. The lowest BCUT2D eigenvalue weighted by molar-refractivity contribution is -0.119. The number of aromatic nitrogens is 2. The molecule has 1 aliphatic rings. The number of fused-ring (bicyclic) bond motifs is 1. The van der Waals surface area contributed by atoms with Gasteiger partial charge < -0.3 is 9.88 Å². The lowest BCUT2D eigenvalue weighted by Gasteiger charge is -2.22. The number of aromatic amines is 1. The Morgan fingerprint density at radius 1 is 1.29 bits per heavy atom.